The average molecular weight is 223 g/mol. The van der Waals surface area contributed by atoms with Gasteiger partial charge >= 0.3 is 0 Å². The number of hydrogen-bond donors (Lipinski definition) is 1. The average Bonchev–Trinajstić information content (AvgIpc) is 2.49. The van der Waals surface area contributed by atoms with Crippen LogP contribution in [0.4, 0.5) is 0 Å². The quantitative estimate of drug-likeness (QED) is 0.617. The molecule has 4 heteroatoms. The number of hydrogen-bond acceptors (Lipinski definition) is 2. The van der Waals surface area contributed by atoms with Gasteiger partial charge in [0.25, 0.3) is 0 Å². The summed E-state index contributed by atoms with van der Waals surface area (Å²) >= 11 is 0. The van der Waals surface area contributed by atoms with Gasteiger partial charge in [0.2, 0.25) is 0 Å². The summed E-state index contributed by atoms with van der Waals surface area (Å²) in [6.45, 7) is 8.73. The summed E-state index contributed by atoms with van der Waals surface area (Å²) in [6, 6.07) is 1.95. The molecule has 0 aliphatic carbocycles. The van der Waals surface area contributed by atoms with E-state index in [1.807, 2.05) is 45.7 Å². The zero-order valence-corrected chi connectivity index (χ0v) is 10.7. The van der Waals surface area contributed by atoms with Crippen LogP contribution >= 0.6 is 0 Å². The zero-order chi connectivity index (χ0) is 12.3. The molecule has 0 aliphatic heterocycles. The smallest absolute Gasteiger partial charge is 0.191 e. The maximum atomic E-state index is 5.92. The monoisotopic (exact) mass is 223 g/mol. The Morgan fingerprint density at radius 3 is 2.56 bits per heavy atom. The third-order valence-electron chi connectivity index (χ3n) is 2.21. The Morgan fingerprint density at radius 2 is 2.12 bits per heavy atom. The maximum Gasteiger partial charge on any atom is 0.191 e. The van der Waals surface area contributed by atoms with Crippen molar-refractivity contribution in [3.63, 3.8) is 0 Å². The van der Waals surface area contributed by atoms with Gasteiger partial charge in [-0.25, -0.2) is 4.99 Å². The highest BCUT2D eigenvalue weighted by molar-refractivity contribution is 5.78. The lowest BCUT2D eigenvalue weighted by atomic mass is 10.1. The van der Waals surface area contributed by atoms with Crippen molar-refractivity contribution in [2.75, 3.05) is 7.05 Å². The van der Waals surface area contributed by atoms with E-state index in [2.05, 4.69) is 4.99 Å². The molecule has 16 heavy (non-hydrogen) atoms. The van der Waals surface area contributed by atoms with Crippen molar-refractivity contribution in [3.05, 3.63) is 23.7 Å². The Morgan fingerprint density at radius 1 is 1.50 bits per heavy atom. The lowest BCUT2D eigenvalue weighted by Crippen LogP contribution is -2.35. The van der Waals surface area contributed by atoms with E-state index in [0.717, 1.165) is 11.3 Å². The topological polar surface area (TPSA) is 54.8 Å². The van der Waals surface area contributed by atoms with Crippen LogP contribution in [0.2, 0.25) is 0 Å². The molecule has 1 aromatic heterocycles. The number of furan rings is 1. The van der Waals surface area contributed by atoms with Crippen LogP contribution in [0.15, 0.2) is 21.7 Å². The Bertz CT molecular complexity index is 374. The van der Waals surface area contributed by atoms with Gasteiger partial charge in [-0.2, -0.15) is 0 Å². The summed E-state index contributed by atoms with van der Waals surface area (Å²) < 4.78 is 5.24. The molecule has 0 unspecified atom stereocenters. The maximum absolute atomic E-state index is 5.92. The van der Waals surface area contributed by atoms with Crippen molar-refractivity contribution in [3.8, 4) is 0 Å². The van der Waals surface area contributed by atoms with Gasteiger partial charge in [0, 0.05) is 19.2 Å². The molecule has 0 saturated carbocycles. The number of aryl methyl sites for hydroxylation is 1. The van der Waals surface area contributed by atoms with Gasteiger partial charge < -0.3 is 15.1 Å². The molecule has 1 aromatic rings. The Hall–Kier alpha value is -1.45. The zero-order valence-electron chi connectivity index (χ0n) is 10.7. The van der Waals surface area contributed by atoms with Crippen molar-refractivity contribution in [2.24, 2.45) is 10.7 Å². The molecule has 0 amide bonds. The fourth-order valence-corrected chi connectivity index (χ4v) is 1.34. The van der Waals surface area contributed by atoms with Crippen molar-refractivity contribution in [2.45, 2.75) is 39.8 Å². The SMILES string of the molecule is Cc1occc1CN(C)C(N)=NC(C)(C)C. The van der Waals surface area contributed by atoms with E-state index in [-0.39, 0.29) is 5.54 Å². The second-order valence-electron chi connectivity index (χ2n) is 5.00. The van der Waals surface area contributed by atoms with Gasteiger partial charge in [-0.1, -0.05) is 0 Å². The fourth-order valence-electron chi connectivity index (χ4n) is 1.34. The molecule has 1 rings (SSSR count). The Kier molecular flexibility index (Phi) is 3.62. The van der Waals surface area contributed by atoms with Crippen LogP contribution in [-0.4, -0.2) is 23.4 Å². The van der Waals surface area contributed by atoms with E-state index in [4.69, 9.17) is 10.2 Å². The third kappa shape index (κ3) is 3.61. The number of aliphatic imine (C=N–C) groups is 1. The van der Waals surface area contributed by atoms with E-state index < -0.39 is 0 Å². The fraction of sp³-hybridized carbons (Fsp3) is 0.583. The molecule has 4 nitrogen and oxygen atoms in total. The highest BCUT2D eigenvalue weighted by atomic mass is 16.3. The van der Waals surface area contributed by atoms with Gasteiger partial charge in [0.1, 0.15) is 5.76 Å². The number of rotatable bonds is 2. The third-order valence-corrected chi connectivity index (χ3v) is 2.21. The molecule has 0 saturated heterocycles. The summed E-state index contributed by atoms with van der Waals surface area (Å²) in [5.74, 6) is 1.48. The van der Waals surface area contributed by atoms with E-state index in [0.29, 0.717) is 12.5 Å². The van der Waals surface area contributed by atoms with Crippen LogP contribution in [0, 0.1) is 6.92 Å². The van der Waals surface area contributed by atoms with Gasteiger partial charge in [0.05, 0.1) is 11.8 Å². The van der Waals surface area contributed by atoms with Crippen LogP contribution in [-0.2, 0) is 6.54 Å². The van der Waals surface area contributed by atoms with E-state index in [1.54, 1.807) is 6.26 Å². The predicted molar refractivity (Wildman–Crippen MR) is 66.3 cm³/mol. The van der Waals surface area contributed by atoms with Gasteiger partial charge in [0.15, 0.2) is 5.96 Å². The van der Waals surface area contributed by atoms with Crippen LogP contribution < -0.4 is 5.73 Å². The molecule has 0 aromatic carbocycles. The second-order valence-corrected chi connectivity index (χ2v) is 5.00. The highest BCUT2D eigenvalue weighted by Gasteiger charge is 2.12. The number of nitrogens with two attached hydrogens (primary N) is 1. The number of nitrogens with zero attached hydrogens (tertiary/aromatic N) is 2. The van der Waals surface area contributed by atoms with Crippen molar-refractivity contribution in [1.29, 1.82) is 0 Å². The lowest BCUT2D eigenvalue weighted by Gasteiger charge is -2.21. The largest absolute Gasteiger partial charge is 0.469 e. The van der Waals surface area contributed by atoms with Crippen LogP contribution in [0.25, 0.3) is 0 Å². The molecule has 0 fully saturated rings. The lowest BCUT2D eigenvalue weighted by molar-refractivity contribution is 0.463. The first-order valence-corrected chi connectivity index (χ1v) is 5.39. The standard InChI is InChI=1S/C12H21N3O/c1-9-10(6-7-16-9)8-15(5)11(13)14-12(2,3)4/h6-7H,8H2,1-5H3,(H2,13,14). The van der Waals surface area contributed by atoms with Crippen LogP contribution in [0.5, 0.6) is 0 Å². The van der Waals surface area contributed by atoms with Crippen LogP contribution in [0.3, 0.4) is 0 Å². The molecule has 0 atom stereocenters. The number of guanidine groups is 1. The molecule has 1 heterocycles. The first-order valence-electron chi connectivity index (χ1n) is 5.39. The molecule has 0 radical (unpaired) electrons. The minimum Gasteiger partial charge on any atom is -0.469 e. The highest BCUT2D eigenvalue weighted by Crippen LogP contribution is 2.12. The van der Waals surface area contributed by atoms with Crippen molar-refractivity contribution < 1.29 is 4.42 Å². The first kappa shape index (κ1) is 12.6. The molecule has 90 valence electrons. The molecule has 2 N–H and O–H groups in total. The first-order chi connectivity index (χ1) is 7.29. The molecular weight excluding hydrogens is 202 g/mol. The van der Waals surface area contributed by atoms with E-state index in [1.165, 1.54) is 0 Å². The predicted octanol–water partition coefficient (Wildman–Crippen LogP) is 2.13. The Labute approximate surface area is 97.1 Å². The molecule has 0 aliphatic rings. The summed E-state index contributed by atoms with van der Waals surface area (Å²) in [7, 11) is 1.93. The normalized spacial score (nSPS) is 12.9. The summed E-state index contributed by atoms with van der Waals surface area (Å²) in [5.41, 5.74) is 6.90. The summed E-state index contributed by atoms with van der Waals surface area (Å²) in [4.78, 5) is 6.33. The van der Waals surface area contributed by atoms with E-state index in [9.17, 15) is 0 Å². The van der Waals surface area contributed by atoms with E-state index >= 15 is 0 Å². The van der Waals surface area contributed by atoms with Gasteiger partial charge in [-0.3, -0.25) is 0 Å². The Balaban J connectivity index is 2.70. The van der Waals surface area contributed by atoms with Crippen molar-refractivity contribution in [1.82, 2.24) is 4.90 Å². The molecule has 0 spiro atoms. The summed E-state index contributed by atoms with van der Waals surface area (Å²) in [5, 5.41) is 0. The van der Waals surface area contributed by atoms with Crippen molar-refractivity contribution >= 4 is 5.96 Å². The molecule has 0 bridgehead atoms. The van der Waals surface area contributed by atoms with Gasteiger partial charge in [-0.05, 0) is 33.8 Å². The second kappa shape index (κ2) is 4.60. The molecular formula is C12H21N3O. The minimum atomic E-state index is -0.149. The summed E-state index contributed by atoms with van der Waals surface area (Å²) in [6.07, 6.45) is 1.69. The minimum absolute atomic E-state index is 0.149. The van der Waals surface area contributed by atoms with Crippen LogP contribution in [0.1, 0.15) is 32.1 Å². The van der Waals surface area contributed by atoms with Gasteiger partial charge in [-0.15, -0.1) is 0 Å².